The fourth-order valence-electron chi connectivity index (χ4n) is 1.91. The number of nitrogens with one attached hydrogen (secondary N) is 1. The molecule has 0 aliphatic heterocycles. The van der Waals surface area contributed by atoms with E-state index in [9.17, 15) is 9.18 Å². The Hall–Kier alpha value is -1.42. The van der Waals surface area contributed by atoms with Crippen molar-refractivity contribution in [2.24, 2.45) is 0 Å². The quantitative estimate of drug-likeness (QED) is 0.831. The summed E-state index contributed by atoms with van der Waals surface area (Å²) in [5.74, 6) is -0.501. The van der Waals surface area contributed by atoms with Crippen LogP contribution in [0.2, 0.25) is 0 Å². The van der Waals surface area contributed by atoms with Crippen LogP contribution in [0.4, 0.5) is 4.39 Å². The van der Waals surface area contributed by atoms with Crippen LogP contribution in [-0.2, 0) is 10.2 Å². The van der Waals surface area contributed by atoms with E-state index in [1.54, 1.807) is 26.0 Å². The Bertz CT molecular complexity index is 432. The number of benzene rings is 1. The minimum Gasteiger partial charge on any atom is -0.396 e. The summed E-state index contributed by atoms with van der Waals surface area (Å²) in [6.07, 6.45) is 1.28. The third-order valence-corrected chi connectivity index (χ3v) is 3.42. The van der Waals surface area contributed by atoms with Crippen LogP contribution in [0.25, 0.3) is 0 Å². The van der Waals surface area contributed by atoms with E-state index in [-0.39, 0.29) is 24.4 Å². The summed E-state index contributed by atoms with van der Waals surface area (Å²) in [7, 11) is 0. The largest absolute Gasteiger partial charge is 0.396 e. The molecule has 0 bridgehead atoms. The molecular formula is C15H22FNO2. The molecule has 0 aliphatic rings. The minimum absolute atomic E-state index is 0.0409. The van der Waals surface area contributed by atoms with Crippen LogP contribution in [0.3, 0.4) is 0 Å². The van der Waals surface area contributed by atoms with Gasteiger partial charge < -0.3 is 10.4 Å². The zero-order chi connectivity index (χ0) is 14.5. The van der Waals surface area contributed by atoms with Crippen LogP contribution < -0.4 is 5.32 Å². The number of aliphatic hydroxyl groups is 1. The molecule has 0 saturated carbocycles. The lowest BCUT2D eigenvalue weighted by Gasteiger charge is -2.27. The van der Waals surface area contributed by atoms with Gasteiger partial charge in [-0.25, -0.2) is 4.39 Å². The van der Waals surface area contributed by atoms with Crippen LogP contribution in [-0.4, -0.2) is 23.7 Å². The van der Waals surface area contributed by atoms with Gasteiger partial charge in [0.25, 0.3) is 0 Å². The van der Waals surface area contributed by atoms with Crippen molar-refractivity contribution in [1.29, 1.82) is 0 Å². The van der Waals surface area contributed by atoms with Gasteiger partial charge in [0.15, 0.2) is 0 Å². The average Bonchev–Trinajstić information content (AvgIpc) is 2.38. The van der Waals surface area contributed by atoms with Crippen molar-refractivity contribution < 1.29 is 14.3 Å². The third-order valence-electron chi connectivity index (χ3n) is 3.42. The summed E-state index contributed by atoms with van der Waals surface area (Å²) < 4.78 is 13.2. The molecule has 1 atom stereocenters. The second kappa shape index (κ2) is 6.66. The van der Waals surface area contributed by atoms with Gasteiger partial charge in [-0.05, 0) is 44.4 Å². The zero-order valence-corrected chi connectivity index (χ0v) is 11.7. The highest BCUT2D eigenvalue weighted by Gasteiger charge is 2.31. The minimum atomic E-state index is -0.801. The monoisotopic (exact) mass is 267 g/mol. The van der Waals surface area contributed by atoms with Gasteiger partial charge in [0.2, 0.25) is 5.91 Å². The molecule has 0 spiro atoms. The van der Waals surface area contributed by atoms with Gasteiger partial charge in [0.05, 0.1) is 5.41 Å². The molecule has 1 aromatic carbocycles. The van der Waals surface area contributed by atoms with Crippen LogP contribution in [0.15, 0.2) is 24.3 Å². The van der Waals surface area contributed by atoms with E-state index in [1.807, 2.05) is 6.92 Å². The fraction of sp³-hybridized carbons (Fsp3) is 0.533. The second-order valence-electron chi connectivity index (χ2n) is 5.23. The van der Waals surface area contributed by atoms with E-state index >= 15 is 0 Å². The molecule has 4 heteroatoms. The number of carbonyl (C=O) groups excluding carboxylic acids is 1. The van der Waals surface area contributed by atoms with Crippen molar-refractivity contribution in [2.45, 2.75) is 45.1 Å². The van der Waals surface area contributed by atoms with Gasteiger partial charge in [0.1, 0.15) is 5.82 Å². The first kappa shape index (κ1) is 15.6. The topological polar surface area (TPSA) is 49.3 Å². The molecule has 19 heavy (non-hydrogen) atoms. The van der Waals surface area contributed by atoms with E-state index in [4.69, 9.17) is 5.11 Å². The summed E-state index contributed by atoms with van der Waals surface area (Å²) in [5.41, 5.74) is -0.158. The van der Waals surface area contributed by atoms with Crippen molar-refractivity contribution in [3.63, 3.8) is 0 Å². The molecule has 2 N–H and O–H groups in total. The highest BCUT2D eigenvalue weighted by Crippen LogP contribution is 2.24. The van der Waals surface area contributed by atoms with Crippen LogP contribution >= 0.6 is 0 Å². The van der Waals surface area contributed by atoms with Crippen molar-refractivity contribution >= 4 is 5.91 Å². The SMILES string of the molecule is CCC(CCO)NC(=O)C(C)(C)c1cccc(F)c1. The molecule has 1 unspecified atom stereocenters. The lowest BCUT2D eigenvalue weighted by atomic mass is 9.83. The predicted octanol–water partition coefficient (Wildman–Crippen LogP) is 2.38. The van der Waals surface area contributed by atoms with Gasteiger partial charge in [-0.3, -0.25) is 4.79 Å². The molecule has 1 aromatic rings. The van der Waals surface area contributed by atoms with Gasteiger partial charge in [0, 0.05) is 12.6 Å². The average molecular weight is 267 g/mol. The van der Waals surface area contributed by atoms with Crippen LogP contribution in [0.5, 0.6) is 0 Å². The Balaban J connectivity index is 2.84. The number of aliphatic hydroxyl groups excluding tert-OH is 1. The third kappa shape index (κ3) is 4.03. The summed E-state index contributed by atoms with van der Waals surface area (Å²) >= 11 is 0. The van der Waals surface area contributed by atoms with Gasteiger partial charge in [-0.15, -0.1) is 0 Å². The summed E-state index contributed by atoms with van der Waals surface area (Å²) in [4.78, 5) is 12.3. The standard InChI is InChI=1S/C15H22FNO2/c1-4-13(8-9-18)17-14(19)15(2,3)11-6-5-7-12(16)10-11/h5-7,10,13,18H,4,8-9H2,1-3H3,(H,17,19). The van der Waals surface area contributed by atoms with Crippen molar-refractivity contribution in [3.05, 3.63) is 35.6 Å². The predicted molar refractivity (Wildman–Crippen MR) is 73.4 cm³/mol. The highest BCUT2D eigenvalue weighted by molar-refractivity contribution is 5.87. The Morgan fingerprint density at radius 2 is 2.16 bits per heavy atom. The van der Waals surface area contributed by atoms with Crippen LogP contribution in [0, 0.1) is 5.82 Å². The molecule has 3 nitrogen and oxygen atoms in total. The summed E-state index contributed by atoms with van der Waals surface area (Å²) in [5, 5.41) is 11.8. The lowest BCUT2D eigenvalue weighted by molar-refractivity contribution is -0.126. The van der Waals surface area contributed by atoms with E-state index in [0.29, 0.717) is 12.0 Å². The van der Waals surface area contributed by atoms with E-state index < -0.39 is 5.41 Å². The van der Waals surface area contributed by atoms with E-state index in [2.05, 4.69) is 5.32 Å². The van der Waals surface area contributed by atoms with Gasteiger partial charge >= 0.3 is 0 Å². The molecule has 0 saturated heterocycles. The number of hydrogen-bond donors (Lipinski definition) is 2. The van der Waals surface area contributed by atoms with E-state index in [0.717, 1.165) is 6.42 Å². The maximum Gasteiger partial charge on any atom is 0.230 e. The number of halogens is 1. The molecule has 0 fully saturated rings. The van der Waals surface area contributed by atoms with Crippen molar-refractivity contribution in [2.75, 3.05) is 6.61 Å². The molecule has 0 aromatic heterocycles. The smallest absolute Gasteiger partial charge is 0.230 e. The Morgan fingerprint density at radius 3 is 2.68 bits per heavy atom. The second-order valence-corrected chi connectivity index (χ2v) is 5.23. The maximum atomic E-state index is 13.2. The van der Waals surface area contributed by atoms with Crippen molar-refractivity contribution in [1.82, 2.24) is 5.32 Å². The highest BCUT2D eigenvalue weighted by atomic mass is 19.1. The maximum absolute atomic E-state index is 13.2. The Labute approximate surface area is 113 Å². The number of amides is 1. The van der Waals surface area contributed by atoms with Gasteiger partial charge in [-0.1, -0.05) is 19.1 Å². The van der Waals surface area contributed by atoms with E-state index in [1.165, 1.54) is 12.1 Å². The molecule has 106 valence electrons. The molecular weight excluding hydrogens is 245 g/mol. The first-order valence-electron chi connectivity index (χ1n) is 6.59. The summed E-state index contributed by atoms with van der Waals surface area (Å²) in [6.45, 7) is 5.53. The Kier molecular flexibility index (Phi) is 5.48. The lowest BCUT2D eigenvalue weighted by Crippen LogP contribution is -2.45. The van der Waals surface area contributed by atoms with Gasteiger partial charge in [-0.2, -0.15) is 0 Å². The fourth-order valence-corrected chi connectivity index (χ4v) is 1.91. The van der Waals surface area contributed by atoms with Crippen LogP contribution in [0.1, 0.15) is 39.2 Å². The summed E-state index contributed by atoms with van der Waals surface area (Å²) in [6, 6.07) is 6.04. The molecule has 0 aliphatic carbocycles. The molecule has 0 radical (unpaired) electrons. The normalized spacial score (nSPS) is 13.1. The molecule has 0 heterocycles. The molecule has 1 rings (SSSR count). The number of carbonyl (C=O) groups is 1. The first-order chi connectivity index (χ1) is 8.91. The zero-order valence-electron chi connectivity index (χ0n) is 11.7. The number of rotatable bonds is 6. The first-order valence-corrected chi connectivity index (χ1v) is 6.59. The number of hydrogen-bond acceptors (Lipinski definition) is 2. The Morgan fingerprint density at radius 1 is 1.47 bits per heavy atom. The molecule has 1 amide bonds. The van der Waals surface area contributed by atoms with Crippen molar-refractivity contribution in [3.8, 4) is 0 Å².